The molecule has 3 rings (SSSR count). The van der Waals surface area contributed by atoms with Gasteiger partial charge in [0.1, 0.15) is 29.6 Å². The van der Waals surface area contributed by atoms with Crippen LogP contribution in [0.5, 0.6) is 11.5 Å². The van der Waals surface area contributed by atoms with Crippen molar-refractivity contribution in [2.45, 2.75) is 68.4 Å². The summed E-state index contributed by atoms with van der Waals surface area (Å²) < 4.78 is 0. The minimum Gasteiger partial charge on any atom is -0.508 e. The summed E-state index contributed by atoms with van der Waals surface area (Å²) in [4.78, 5) is 65.8. The van der Waals surface area contributed by atoms with Crippen molar-refractivity contribution in [2.24, 2.45) is 22.9 Å². The molecule has 2 aromatic carbocycles. The number of carbonyl (C=O) groups is 5. The third kappa shape index (κ3) is 15.0. The second-order valence-corrected chi connectivity index (χ2v) is 11.9. The van der Waals surface area contributed by atoms with Crippen LogP contribution in [0.25, 0.3) is 11.1 Å². The van der Waals surface area contributed by atoms with E-state index in [-0.39, 0.29) is 105 Å². The highest BCUT2D eigenvalue weighted by Gasteiger charge is 2.32. The molecule has 0 aliphatic carbocycles. The van der Waals surface area contributed by atoms with Gasteiger partial charge in [0.2, 0.25) is 23.6 Å². The Balaban J connectivity index is 0. The van der Waals surface area contributed by atoms with Gasteiger partial charge in [-0.2, -0.15) is 0 Å². The molecule has 0 saturated heterocycles. The quantitative estimate of drug-likeness (QED) is 0.102. The Labute approximate surface area is 331 Å². The number of hydrogen-bond acceptors (Lipinski definition) is 13. The number of amides is 4. The summed E-state index contributed by atoms with van der Waals surface area (Å²) in [6.45, 7) is -1.22. The van der Waals surface area contributed by atoms with Gasteiger partial charge in [0.15, 0.2) is 5.78 Å². The van der Waals surface area contributed by atoms with Gasteiger partial charge in [-0.05, 0) is 65.9 Å². The summed E-state index contributed by atoms with van der Waals surface area (Å²) in [5, 5.41) is 50.7. The second-order valence-electron chi connectivity index (χ2n) is 11.9. The first-order chi connectivity index (χ1) is 23.3. The number of benzene rings is 2. The molecule has 1 aliphatic rings. The lowest BCUT2D eigenvalue weighted by Crippen LogP contribution is -2.59. The zero-order valence-corrected chi connectivity index (χ0v) is 31.8. The van der Waals surface area contributed by atoms with Crippen LogP contribution < -0.4 is 44.2 Å². The molecule has 4 bridgehead atoms. The van der Waals surface area contributed by atoms with E-state index in [1.54, 1.807) is 24.3 Å². The van der Waals surface area contributed by atoms with Gasteiger partial charge in [0.25, 0.3) is 0 Å². The summed E-state index contributed by atoms with van der Waals surface area (Å²) >= 11 is 0. The zero-order chi connectivity index (χ0) is 36.2. The fourth-order valence-corrected chi connectivity index (χ4v) is 5.16. The maximum absolute atomic E-state index is 13.9. The van der Waals surface area contributed by atoms with E-state index in [9.17, 15) is 39.3 Å². The van der Waals surface area contributed by atoms with Gasteiger partial charge in [-0.3, -0.25) is 24.0 Å². The lowest BCUT2D eigenvalue weighted by molar-refractivity contribution is -0.134. The molecule has 0 aromatic heterocycles. The fraction of sp³-hybridized carbons (Fsp3) is 0.469. The molecule has 21 heteroatoms. The second kappa shape index (κ2) is 24.8. The number of carbonyl (C=O) groups excluding carboxylic acids is 5. The molecule has 4 amide bonds. The van der Waals surface area contributed by atoms with Crippen molar-refractivity contribution in [1.82, 2.24) is 21.3 Å². The molecule has 0 radical (unpaired) electrons. The van der Waals surface area contributed by atoms with Crippen LogP contribution in [0.3, 0.4) is 0 Å². The number of fused-ring (bicyclic) bond motifs is 5. The van der Waals surface area contributed by atoms with Gasteiger partial charge in [-0.1, -0.05) is 12.1 Å². The Kier molecular flexibility index (Phi) is 24.1. The predicted molar refractivity (Wildman–Crippen MR) is 206 cm³/mol. The van der Waals surface area contributed by atoms with Crippen LogP contribution in [-0.2, 0) is 36.8 Å². The van der Waals surface area contributed by atoms with E-state index < -0.39 is 78.9 Å². The van der Waals surface area contributed by atoms with Crippen molar-refractivity contribution < 1.29 is 44.4 Å². The van der Waals surface area contributed by atoms with Crippen LogP contribution in [0.15, 0.2) is 36.4 Å². The Bertz CT molecular complexity index is 1530. The zero-order valence-electron chi connectivity index (χ0n) is 28.6. The number of phenolic OH excluding ortho intramolecular Hbond substituents is 2. The highest BCUT2D eigenvalue weighted by atomic mass is 35.5. The van der Waals surface area contributed by atoms with Crippen LogP contribution >= 0.6 is 49.6 Å². The Hall–Kier alpha value is -3.49. The molecular formula is C32H50Cl4N8O9. The standard InChI is InChI=1S/C32H46N8O9.4ClH/c33-7-1-2-23(30(47)37-14-28(45)22(36)15-41)38-31(48)24-11-19-9-17(4-6-27(19)44)16-3-5-26(43)18(8-16)10-21(35)29(46)39-25(32(49)40-24)12-20(42)13-34;;;;/h3-6,8-9,20-25,41-44H,1-2,7,10-15,33-36H2,(H,37,47)(H,38,48)(H,39,46)(H,40,49);4*1H/t20-,21+,22+,23+,24+,25+;;;;/m1..../s1. The van der Waals surface area contributed by atoms with E-state index in [1.165, 1.54) is 12.1 Å². The van der Waals surface area contributed by atoms with Gasteiger partial charge in [-0.15, -0.1) is 49.6 Å². The van der Waals surface area contributed by atoms with Gasteiger partial charge in [0.05, 0.1) is 31.3 Å². The summed E-state index contributed by atoms with van der Waals surface area (Å²) in [5.41, 5.74) is 24.6. The summed E-state index contributed by atoms with van der Waals surface area (Å²) in [7, 11) is 0. The molecule has 0 saturated carbocycles. The Morgan fingerprint density at radius 3 is 1.98 bits per heavy atom. The van der Waals surface area contributed by atoms with Crippen molar-refractivity contribution in [1.29, 1.82) is 0 Å². The summed E-state index contributed by atoms with van der Waals surface area (Å²) in [6, 6.07) is 2.74. The number of hydrogen-bond donors (Lipinski definition) is 12. The van der Waals surface area contributed by atoms with E-state index in [4.69, 9.17) is 28.0 Å². The van der Waals surface area contributed by atoms with Crippen LogP contribution in [0.1, 0.15) is 30.4 Å². The van der Waals surface area contributed by atoms with Crippen molar-refractivity contribution in [2.75, 3.05) is 26.2 Å². The third-order valence-electron chi connectivity index (χ3n) is 8.12. The molecule has 0 unspecified atom stereocenters. The molecule has 300 valence electrons. The number of nitrogens with one attached hydrogen (secondary N) is 4. The number of rotatable bonds is 13. The number of halogens is 4. The molecule has 0 fully saturated rings. The molecule has 17 nitrogen and oxygen atoms in total. The first-order valence-corrected chi connectivity index (χ1v) is 15.8. The molecule has 1 aliphatic heterocycles. The van der Waals surface area contributed by atoms with Crippen LogP contribution in [0.2, 0.25) is 0 Å². The van der Waals surface area contributed by atoms with Crippen LogP contribution in [0, 0.1) is 0 Å². The maximum Gasteiger partial charge on any atom is 0.243 e. The average molecular weight is 833 g/mol. The lowest BCUT2D eigenvalue weighted by Gasteiger charge is -2.27. The number of Topliss-reactive ketones (excluding diaryl/α,β-unsaturated/α-hetero) is 1. The van der Waals surface area contributed by atoms with E-state index in [0.717, 1.165) is 0 Å². The molecule has 16 N–H and O–H groups in total. The minimum absolute atomic E-state index is 0. The molecule has 53 heavy (non-hydrogen) atoms. The van der Waals surface area contributed by atoms with Crippen molar-refractivity contribution in [3.63, 3.8) is 0 Å². The number of phenols is 2. The van der Waals surface area contributed by atoms with E-state index >= 15 is 0 Å². The number of aromatic hydroxyl groups is 2. The first-order valence-electron chi connectivity index (χ1n) is 15.8. The Morgan fingerprint density at radius 1 is 0.887 bits per heavy atom. The molecule has 1 heterocycles. The van der Waals surface area contributed by atoms with Crippen molar-refractivity contribution >= 4 is 79.0 Å². The summed E-state index contributed by atoms with van der Waals surface area (Å²) in [5.74, 6) is -4.24. The van der Waals surface area contributed by atoms with E-state index in [1.807, 2.05) is 0 Å². The first kappa shape index (κ1) is 51.6. The SMILES string of the molecule is Cl.Cl.Cl.Cl.NCCC[C@H](NC(=O)[C@@H]1Cc2cc(ccc2O)-c2ccc(O)c(c2)C[C@H](N)C(=O)N[C@@H](C[C@@H](O)CN)C(=O)N1)C(=O)NCC(=O)[C@@H](N)CO. The number of aliphatic hydroxyl groups excluding tert-OH is 2. The topological polar surface area (TPSA) is 318 Å². The van der Waals surface area contributed by atoms with Crippen molar-refractivity contribution in [3.05, 3.63) is 47.5 Å². The highest BCUT2D eigenvalue weighted by Crippen LogP contribution is 2.31. The normalized spacial score (nSPS) is 18.5. The molecule has 6 atom stereocenters. The van der Waals surface area contributed by atoms with Gasteiger partial charge in [0, 0.05) is 25.8 Å². The van der Waals surface area contributed by atoms with Gasteiger partial charge in [-0.25, -0.2) is 0 Å². The summed E-state index contributed by atoms with van der Waals surface area (Å²) in [6.07, 6.45) is -1.63. The number of aliphatic hydroxyl groups is 2. The monoisotopic (exact) mass is 830 g/mol. The largest absolute Gasteiger partial charge is 0.508 e. The highest BCUT2D eigenvalue weighted by molar-refractivity contribution is 5.96. The molecular weight excluding hydrogens is 782 g/mol. The third-order valence-corrected chi connectivity index (χ3v) is 8.12. The number of nitrogens with two attached hydrogens (primary N) is 4. The minimum atomic E-state index is -1.45. The predicted octanol–water partition coefficient (Wildman–Crippen LogP) is -2.21. The maximum atomic E-state index is 13.9. The Morgan fingerprint density at radius 2 is 1.45 bits per heavy atom. The smallest absolute Gasteiger partial charge is 0.243 e. The lowest BCUT2D eigenvalue weighted by atomic mass is 9.95. The number of ketones is 1. The van der Waals surface area contributed by atoms with E-state index in [0.29, 0.717) is 23.1 Å². The molecule has 0 spiro atoms. The fourth-order valence-electron chi connectivity index (χ4n) is 5.16. The van der Waals surface area contributed by atoms with Gasteiger partial charge < -0.3 is 64.6 Å². The van der Waals surface area contributed by atoms with Crippen LogP contribution in [0.4, 0.5) is 0 Å². The van der Waals surface area contributed by atoms with Crippen LogP contribution in [-0.4, -0.2) is 112 Å². The van der Waals surface area contributed by atoms with Gasteiger partial charge >= 0.3 is 0 Å². The molecule has 2 aromatic rings. The average Bonchev–Trinajstić information content (AvgIpc) is 3.08. The van der Waals surface area contributed by atoms with Crippen molar-refractivity contribution in [3.8, 4) is 22.6 Å². The van der Waals surface area contributed by atoms with E-state index in [2.05, 4.69) is 21.3 Å².